The van der Waals surface area contributed by atoms with Crippen LogP contribution in [0.5, 0.6) is 0 Å². The van der Waals surface area contributed by atoms with Crippen LogP contribution in [0.3, 0.4) is 0 Å². The Bertz CT molecular complexity index is 5550. The third kappa shape index (κ3) is 15.1. The number of benzene rings is 13. The van der Waals surface area contributed by atoms with Crippen LogP contribution in [0.4, 0.5) is 0 Å². The fraction of sp³-hybridized carbons (Fsp3) is 0.418. The van der Waals surface area contributed by atoms with Gasteiger partial charge in [-0.25, -0.2) is 0 Å². The normalized spacial score (nSPS) is 35.0. The summed E-state index contributed by atoms with van der Waals surface area (Å²) in [5.41, 5.74) is 25.6. The SMILES string of the molecule is CCC(CC)C12CC3(c4ccccc4)CC(c4ccccc4)(CC(c4ccccc4)(C3)C1)C2.CCCC12CC3(c4ccccc4)CC(c4ccccc4)(C1)CC(c1ccccc1)(C2)C3.c1ccc(C23CC4(c5ccccc5)CC(c5ccccc5)(C2)CC(C2CCCCC2)(C3)C4)cc1.c1ccc(CCC23CC4(c5ccccc5)CC(c5ccccc5)(C2)CC(c2ccccc2)(C3)C4)cc1. The Morgan fingerprint density at radius 3 is 0.567 bits per heavy atom. The predicted octanol–water partition coefficient (Wildman–Crippen LogP) is 34.1. The summed E-state index contributed by atoms with van der Waals surface area (Å²) in [4.78, 5) is 0. The lowest BCUT2D eigenvalue weighted by Crippen LogP contribution is -2.67. The fourth-order valence-electron chi connectivity index (χ4n) is 38.1. The van der Waals surface area contributed by atoms with Gasteiger partial charge in [0.25, 0.3) is 0 Å². The van der Waals surface area contributed by atoms with Crippen LogP contribution in [-0.4, -0.2) is 0 Å². The van der Waals surface area contributed by atoms with Crippen LogP contribution in [0.15, 0.2) is 394 Å². The van der Waals surface area contributed by atoms with Crippen molar-refractivity contribution in [1.82, 2.24) is 0 Å². The first-order chi connectivity index (χ1) is 65.5. The van der Waals surface area contributed by atoms with E-state index in [-0.39, 0.29) is 48.7 Å². The van der Waals surface area contributed by atoms with E-state index in [1.807, 2.05) is 0 Å². The number of aryl methyl sites for hydroxylation is 1. The molecule has 0 unspecified atom stereocenters. The highest BCUT2D eigenvalue weighted by Gasteiger charge is 2.75. The molecular weight excluding hydrogens is 1610 g/mol. The maximum atomic E-state index is 2.47. The van der Waals surface area contributed by atoms with Crippen molar-refractivity contribution in [3.8, 4) is 0 Å². The van der Waals surface area contributed by atoms with Crippen molar-refractivity contribution >= 4 is 0 Å². The Balaban J connectivity index is 0.000000101. The molecule has 13 aromatic rings. The molecule has 134 heavy (non-hydrogen) atoms. The molecule has 17 saturated carbocycles. The van der Waals surface area contributed by atoms with Crippen molar-refractivity contribution in [3.63, 3.8) is 0 Å². The molecule has 0 aliphatic heterocycles. The molecule has 17 aliphatic carbocycles. The summed E-state index contributed by atoms with van der Waals surface area (Å²) in [5.74, 6) is 1.70. The highest BCUT2D eigenvalue weighted by molar-refractivity contribution is 5.53. The molecule has 0 heteroatoms. The third-order valence-electron chi connectivity index (χ3n) is 40.1. The molecule has 0 spiro atoms. The van der Waals surface area contributed by atoms with Crippen LogP contribution >= 0.6 is 0 Å². The molecule has 0 nitrogen and oxygen atoms in total. The molecule has 0 radical (unpaired) electrons. The van der Waals surface area contributed by atoms with Crippen molar-refractivity contribution in [2.45, 2.75) is 310 Å². The summed E-state index contributed by atoms with van der Waals surface area (Å²) in [6.07, 6.45) is 47.2. The van der Waals surface area contributed by atoms with Gasteiger partial charge in [0, 0.05) is 0 Å². The molecule has 16 bridgehead atoms. The summed E-state index contributed by atoms with van der Waals surface area (Å²) in [6, 6.07) is 151. The van der Waals surface area contributed by atoms with Crippen LogP contribution in [0.2, 0.25) is 0 Å². The van der Waals surface area contributed by atoms with Crippen molar-refractivity contribution in [3.05, 3.63) is 467 Å². The summed E-state index contributed by atoms with van der Waals surface area (Å²) in [6.45, 7) is 7.30. The maximum absolute atomic E-state index is 2.47. The molecule has 30 rings (SSSR count). The summed E-state index contributed by atoms with van der Waals surface area (Å²) < 4.78 is 0. The zero-order valence-corrected chi connectivity index (χ0v) is 80.9. The molecule has 0 amide bonds. The van der Waals surface area contributed by atoms with Crippen molar-refractivity contribution < 1.29 is 0 Å². The minimum absolute atomic E-state index is 0.235. The van der Waals surface area contributed by atoms with Gasteiger partial charge in [0.15, 0.2) is 0 Å². The van der Waals surface area contributed by atoms with E-state index in [1.165, 1.54) is 230 Å². The van der Waals surface area contributed by atoms with Crippen LogP contribution in [0.1, 0.15) is 311 Å². The standard InChI is InChI=1S/C36H36.C34H38.C33H38.C31H34/c1-5-13-29(14-6-1)21-22-33-23-34(30-15-7-2-8-16-30)26-35(24-33,31-17-9-3-10-18-31)28-36(25-33,27-34)32-19-11-4-12-20-32;1-5-13-27(14-6-1)31-21-32(28-15-7-2-8-16-28)24-33(22-31,29-17-9-3-10-18-29)26-34(23-31,25-32)30-19-11-4-12-20-30;1-3-26(4-2)30-20-31(27-14-8-5-9-15-27)23-32(21-30,28-16-10-6-11-17-28)25-33(22-30,24-31)29-18-12-7-13-19-29;1-2-18-28-19-29(25-12-6-3-7-13-25)22-30(20-28,26-14-8-4-9-15-26)24-31(21-28,23-29)27-16-10-5-11-17-27/h1-20H,21-28H2;1-3,5-10,13-18,30H,4,11-12,19-26H2;5-19,26H,3-4,20-25H2,1-2H3;3-17H,2,18-24H2,1H3. The fourth-order valence-corrected chi connectivity index (χ4v) is 38.1. The molecule has 0 saturated heterocycles. The summed E-state index contributed by atoms with van der Waals surface area (Å²) in [5, 5.41) is 0. The van der Waals surface area contributed by atoms with E-state index < -0.39 is 0 Å². The van der Waals surface area contributed by atoms with Gasteiger partial charge < -0.3 is 0 Å². The first-order valence-corrected chi connectivity index (χ1v) is 53.2. The second kappa shape index (κ2) is 34.2. The molecule has 17 fully saturated rings. The van der Waals surface area contributed by atoms with Gasteiger partial charge in [-0.15, -0.1) is 0 Å². The van der Waals surface area contributed by atoms with Crippen molar-refractivity contribution in [2.75, 3.05) is 0 Å². The van der Waals surface area contributed by atoms with E-state index in [9.17, 15) is 0 Å². The highest BCUT2D eigenvalue weighted by atomic mass is 14.8. The summed E-state index contributed by atoms with van der Waals surface area (Å²) in [7, 11) is 0. The molecular formula is C134H146. The van der Waals surface area contributed by atoms with E-state index in [0.29, 0.717) is 37.9 Å². The van der Waals surface area contributed by atoms with Gasteiger partial charge in [-0.2, -0.15) is 0 Å². The molecule has 0 N–H and O–H groups in total. The van der Waals surface area contributed by atoms with Gasteiger partial charge in [0.1, 0.15) is 0 Å². The topological polar surface area (TPSA) is 0 Å². The van der Waals surface area contributed by atoms with Gasteiger partial charge in [0.2, 0.25) is 0 Å². The van der Waals surface area contributed by atoms with E-state index in [4.69, 9.17) is 0 Å². The van der Waals surface area contributed by atoms with Gasteiger partial charge in [-0.3, -0.25) is 0 Å². The Hall–Kier alpha value is -10.1. The average Bonchev–Trinajstić information content (AvgIpc) is 0.658. The van der Waals surface area contributed by atoms with Crippen LogP contribution in [0, 0.1) is 33.5 Å². The van der Waals surface area contributed by atoms with Crippen LogP contribution in [-0.2, 0) is 71.4 Å². The minimum atomic E-state index is 0.235. The van der Waals surface area contributed by atoms with E-state index >= 15 is 0 Å². The average molecular weight is 1760 g/mol. The molecule has 0 aromatic heterocycles. The van der Waals surface area contributed by atoms with Gasteiger partial charge in [-0.05, 0) is 357 Å². The predicted molar refractivity (Wildman–Crippen MR) is 558 cm³/mol. The second-order valence-corrected chi connectivity index (χ2v) is 48.3. The van der Waals surface area contributed by atoms with Gasteiger partial charge >= 0.3 is 0 Å². The van der Waals surface area contributed by atoms with Crippen molar-refractivity contribution in [2.24, 2.45) is 33.5 Å². The number of hydrogen-bond donors (Lipinski definition) is 0. The summed E-state index contributed by atoms with van der Waals surface area (Å²) >= 11 is 0. The zero-order chi connectivity index (χ0) is 90.4. The van der Waals surface area contributed by atoms with Gasteiger partial charge in [0.05, 0.1) is 0 Å². The lowest BCUT2D eigenvalue weighted by molar-refractivity contribution is -0.140. The smallest absolute Gasteiger partial charge is 0.00246 e. The Morgan fingerprint density at radius 2 is 0.373 bits per heavy atom. The molecule has 13 aromatic carbocycles. The number of rotatable bonds is 21. The quantitative estimate of drug-likeness (QED) is 0.0673. The largest absolute Gasteiger partial charge is 0.0654 e. The van der Waals surface area contributed by atoms with E-state index in [0.717, 1.165) is 11.8 Å². The molecule has 682 valence electrons. The monoisotopic (exact) mass is 1760 g/mol. The van der Waals surface area contributed by atoms with E-state index in [2.05, 4.69) is 415 Å². The maximum Gasteiger partial charge on any atom is -0.00246 e. The molecule has 17 aliphatic rings. The lowest BCUT2D eigenvalue weighted by Gasteiger charge is -2.73. The Kier molecular flexibility index (Phi) is 22.4. The molecule has 0 atom stereocenters. The highest BCUT2D eigenvalue weighted by Crippen LogP contribution is 2.82. The van der Waals surface area contributed by atoms with Crippen LogP contribution < -0.4 is 0 Å². The Labute approximate surface area is 804 Å². The van der Waals surface area contributed by atoms with Crippen molar-refractivity contribution in [1.29, 1.82) is 0 Å². The Morgan fingerprint density at radius 1 is 0.194 bits per heavy atom. The van der Waals surface area contributed by atoms with Crippen LogP contribution in [0.25, 0.3) is 0 Å². The molecule has 0 heterocycles. The lowest BCUT2D eigenvalue weighted by atomic mass is 9.31. The second-order valence-electron chi connectivity index (χ2n) is 48.3. The minimum Gasteiger partial charge on any atom is -0.0654 e. The first-order valence-electron chi connectivity index (χ1n) is 53.2. The number of hydrogen-bond acceptors (Lipinski definition) is 0. The first kappa shape index (κ1) is 87.9. The third-order valence-corrected chi connectivity index (χ3v) is 40.1. The van der Waals surface area contributed by atoms with E-state index in [1.54, 1.807) is 66.8 Å². The van der Waals surface area contributed by atoms with Gasteiger partial charge in [-0.1, -0.05) is 454 Å². The zero-order valence-electron chi connectivity index (χ0n) is 80.9.